The van der Waals surface area contributed by atoms with E-state index >= 15 is 0 Å². The van der Waals surface area contributed by atoms with Crippen molar-refractivity contribution in [2.45, 2.75) is 25.8 Å². The molecule has 5 nitrogen and oxygen atoms in total. The van der Waals surface area contributed by atoms with Crippen molar-refractivity contribution in [3.05, 3.63) is 34.9 Å². The molecule has 1 aromatic carbocycles. The third kappa shape index (κ3) is 4.69. The van der Waals surface area contributed by atoms with Crippen molar-refractivity contribution in [3.63, 3.8) is 0 Å². The summed E-state index contributed by atoms with van der Waals surface area (Å²) in [5.41, 5.74) is 0.695. The first-order valence-electron chi connectivity index (χ1n) is 7.34. The Balaban J connectivity index is 2.10. The van der Waals surface area contributed by atoms with Gasteiger partial charge in [-0.1, -0.05) is 29.8 Å². The zero-order valence-electron chi connectivity index (χ0n) is 12.7. The van der Waals surface area contributed by atoms with E-state index in [1.807, 2.05) is 0 Å². The second-order valence-electron chi connectivity index (χ2n) is 5.56. The highest BCUT2D eigenvalue weighted by atomic mass is 35.5. The fourth-order valence-corrected chi connectivity index (χ4v) is 3.42. The molecule has 122 valence electrons. The lowest BCUT2D eigenvalue weighted by molar-refractivity contribution is -0.132. The number of rotatable bonds is 5. The zero-order valence-corrected chi connectivity index (χ0v) is 14.2. The number of carbonyl (C=O) groups excluding carboxylic acids is 1. The minimum atomic E-state index is -3.49. The maximum atomic E-state index is 12.3. The van der Waals surface area contributed by atoms with Gasteiger partial charge in [0.1, 0.15) is 0 Å². The van der Waals surface area contributed by atoms with Gasteiger partial charge in [0.2, 0.25) is 15.9 Å². The Bertz CT molecular complexity index is 627. The van der Waals surface area contributed by atoms with Gasteiger partial charge in [0.15, 0.2) is 0 Å². The summed E-state index contributed by atoms with van der Waals surface area (Å²) in [6.45, 7) is 1.40. The number of nitrogens with zero attached hydrogens (tertiary/aromatic N) is 2. The highest BCUT2D eigenvalue weighted by Gasteiger charge is 2.25. The highest BCUT2D eigenvalue weighted by molar-refractivity contribution is 7.88. The Hall–Kier alpha value is -1.11. The largest absolute Gasteiger partial charge is 0.342 e. The van der Waals surface area contributed by atoms with E-state index in [1.165, 1.54) is 4.31 Å². The summed E-state index contributed by atoms with van der Waals surface area (Å²) in [5, 5.41) is 0.501. The van der Waals surface area contributed by atoms with E-state index in [1.54, 1.807) is 29.2 Å². The summed E-state index contributed by atoms with van der Waals surface area (Å²) < 4.78 is 25.1. The quantitative estimate of drug-likeness (QED) is 0.822. The number of hydrogen-bond donors (Lipinski definition) is 0. The molecule has 2 rings (SSSR count). The lowest BCUT2D eigenvalue weighted by Gasteiger charge is -2.29. The maximum Gasteiger partial charge on any atom is 0.237 e. The second kappa shape index (κ2) is 7.44. The first-order valence-corrected chi connectivity index (χ1v) is 9.57. The summed E-state index contributed by atoms with van der Waals surface area (Å²) >= 11 is 6.09. The molecule has 1 aromatic rings. The summed E-state index contributed by atoms with van der Waals surface area (Å²) in [5.74, 6) is -0.142. The van der Waals surface area contributed by atoms with Crippen molar-refractivity contribution < 1.29 is 13.2 Å². The lowest BCUT2D eigenvalue weighted by atomic mass is 10.1. The molecule has 0 aromatic heterocycles. The van der Waals surface area contributed by atoms with Crippen LogP contribution in [0.25, 0.3) is 0 Å². The molecule has 0 atom stereocenters. The van der Waals surface area contributed by atoms with E-state index in [0.717, 1.165) is 25.5 Å². The van der Waals surface area contributed by atoms with Gasteiger partial charge in [-0.05, 0) is 30.9 Å². The van der Waals surface area contributed by atoms with Crippen LogP contribution in [0, 0.1) is 0 Å². The topological polar surface area (TPSA) is 57.7 Å². The van der Waals surface area contributed by atoms with Gasteiger partial charge in [-0.2, -0.15) is 4.31 Å². The molecule has 0 aliphatic carbocycles. The van der Waals surface area contributed by atoms with Crippen LogP contribution in [-0.4, -0.2) is 49.4 Å². The van der Waals surface area contributed by atoms with Crippen LogP contribution < -0.4 is 0 Å². The van der Waals surface area contributed by atoms with Gasteiger partial charge in [0.05, 0.1) is 12.8 Å². The van der Waals surface area contributed by atoms with E-state index in [4.69, 9.17) is 11.6 Å². The molecule has 1 amide bonds. The van der Waals surface area contributed by atoms with Gasteiger partial charge >= 0.3 is 0 Å². The average Bonchev–Trinajstić information content (AvgIpc) is 2.48. The minimum Gasteiger partial charge on any atom is -0.342 e. The monoisotopic (exact) mass is 344 g/mol. The molecular weight excluding hydrogens is 324 g/mol. The van der Waals surface area contributed by atoms with E-state index in [2.05, 4.69) is 0 Å². The number of benzene rings is 1. The summed E-state index contributed by atoms with van der Waals surface area (Å²) in [7, 11) is -3.49. The summed E-state index contributed by atoms with van der Waals surface area (Å²) in [6, 6.07) is 7.07. The van der Waals surface area contributed by atoms with Crippen LogP contribution >= 0.6 is 11.6 Å². The van der Waals surface area contributed by atoms with Crippen LogP contribution in [0.1, 0.15) is 24.8 Å². The molecule has 0 radical (unpaired) electrons. The van der Waals surface area contributed by atoms with E-state index in [-0.39, 0.29) is 19.0 Å². The fourth-order valence-electron chi connectivity index (χ4n) is 2.50. The number of amides is 1. The molecule has 1 aliphatic rings. The molecule has 0 spiro atoms. The zero-order chi connectivity index (χ0) is 16.2. The Labute approximate surface area is 136 Å². The summed E-state index contributed by atoms with van der Waals surface area (Å²) in [4.78, 5) is 14.1. The van der Waals surface area contributed by atoms with E-state index in [0.29, 0.717) is 23.7 Å². The number of hydrogen-bond acceptors (Lipinski definition) is 3. The Morgan fingerprint density at radius 3 is 2.45 bits per heavy atom. The molecule has 7 heteroatoms. The second-order valence-corrected chi connectivity index (χ2v) is 7.95. The van der Waals surface area contributed by atoms with Crippen molar-refractivity contribution in [3.8, 4) is 0 Å². The van der Waals surface area contributed by atoms with Crippen LogP contribution in [0.5, 0.6) is 0 Å². The standard InChI is InChI=1S/C15H21ClN2O3S/c1-22(20,21)18(11-13-7-3-4-8-14(13)16)12-15(19)17-9-5-2-6-10-17/h3-4,7-8H,2,5-6,9-12H2,1H3. The molecule has 0 N–H and O–H groups in total. The van der Waals surface area contributed by atoms with Crippen LogP contribution in [0.3, 0.4) is 0 Å². The Morgan fingerprint density at radius 2 is 1.86 bits per heavy atom. The van der Waals surface area contributed by atoms with Crippen molar-refractivity contribution in [2.24, 2.45) is 0 Å². The van der Waals surface area contributed by atoms with Crippen molar-refractivity contribution in [2.75, 3.05) is 25.9 Å². The molecule has 1 fully saturated rings. The number of carbonyl (C=O) groups is 1. The van der Waals surface area contributed by atoms with Gasteiger partial charge in [0.25, 0.3) is 0 Å². The predicted octanol–water partition coefficient (Wildman–Crippen LogP) is 2.11. The number of sulfonamides is 1. The molecule has 0 bridgehead atoms. The first kappa shape index (κ1) is 17.2. The van der Waals surface area contributed by atoms with Gasteiger partial charge in [-0.3, -0.25) is 4.79 Å². The van der Waals surface area contributed by atoms with Gasteiger partial charge in [-0.15, -0.1) is 0 Å². The summed E-state index contributed by atoms with van der Waals surface area (Å²) in [6.07, 6.45) is 4.21. The fraction of sp³-hybridized carbons (Fsp3) is 0.533. The third-order valence-corrected chi connectivity index (χ3v) is 5.36. The first-order chi connectivity index (χ1) is 10.4. The Morgan fingerprint density at radius 1 is 1.23 bits per heavy atom. The molecule has 1 saturated heterocycles. The third-order valence-electron chi connectivity index (χ3n) is 3.79. The molecule has 0 saturated carbocycles. The molecule has 1 heterocycles. The minimum absolute atomic E-state index is 0.109. The number of halogens is 1. The van der Waals surface area contributed by atoms with E-state index in [9.17, 15) is 13.2 Å². The molecule has 1 aliphatic heterocycles. The maximum absolute atomic E-state index is 12.3. The van der Waals surface area contributed by atoms with Crippen molar-refractivity contribution in [1.29, 1.82) is 0 Å². The van der Waals surface area contributed by atoms with Gasteiger partial charge in [-0.25, -0.2) is 8.42 Å². The number of likely N-dealkylation sites (tertiary alicyclic amines) is 1. The van der Waals surface area contributed by atoms with Crippen molar-refractivity contribution in [1.82, 2.24) is 9.21 Å². The SMILES string of the molecule is CS(=O)(=O)N(CC(=O)N1CCCCC1)Cc1ccccc1Cl. The van der Waals surface area contributed by atoms with Crippen LogP contribution in [-0.2, 0) is 21.4 Å². The number of piperidine rings is 1. The molecular formula is C15H21ClN2O3S. The van der Waals surface area contributed by atoms with Gasteiger partial charge in [0, 0.05) is 24.7 Å². The van der Waals surface area contributed by atoms with Crippen LogP contribution in [0.2, 0.25) is 5.02 Å². The lowest BCUT2D eigenvalue weighted by Crippen LogP contribution is -2.44. The Kier molecular flexibility index (Phi) is 5.83. The van der Waals surface area contributed by atoms with Gasteiger partial charge < -0.3 is 4.90 Å². The van der Waals surface area contributed by atoms with Crippen molar-refractivity contribution >= 4 is 27.5 Å². The molecule has 0 unspecified atom stereocenters. The smallest absolute Gasteiger partial charge is 0.237 e. The normalized spacial score (nSPS) is 16.0. The predicted molar refractivity (Wildman–Crippen MR) is 87.1 cm³/mol. The molecule has 22 heavy (non-hydrogen) atoms. The van der Waals surface area contributed by atoms with Crippen LogP contribution in [0.4, 0.5) is 0 Å². The van der Waals surface area contributed by atoms with Crippen LogP contribution in [0.15, 0.2) is 24.3 Å². The average molecular weight is 345 g/mol. The van der Waals surface area contributed by atoms with E-state index < -0.39 is 10.0 Å². The highest BCUT2D eigenvalue weighted by Crippen LogP contribution is 2.19.